The van der Waals surface area contributed by atoms with Gasteiger partial charge >= 0.3 is 5.97 Å². The molecule has 36 heavy (non-hydrogen) atoms. The van der Waals surface area contributed by atoms with Crippen LogP contribution in [0.25, 0.3) is 22.0 Å². The number of aromatic nitrogens is 1. The van der Waals surface area contributed by atoms with Crippen LogP contribution in [0.15, 0.2) is 30.3 Å². The number of benzene rings is 2. The Kier molecular flexibility index (Phi) is 6.97. The molecule has 4 rings (SSSR count). The fourth-order valence-electron chi connectivity index (χ4n) is 5.52. The molecule has 6 nitrogen and oxygen atoms in total. The van der Waals surface area contributed by atoms with Gasteiger partial charge in [-0.25, -0.2) is 4.79 Å². The van der Waals surface area contributed by atoms with E-state index in [0.717, 1.165) is 53.0 Å². The van der Waals surface area contributed by atoms with Gasteiger partial charge in [0.25, 0.3) is 0 Å². The van der Waals surface area contributed by atoms with Crippen LogP contribution >= 0.6 is 0 Å². The number of anilines is 1. The van der Waals surface area contributed by atoms with Crippen LogP contribution in [-0.4, -0.2) is 59.4 Å². The number of hydrogen-bond donors (Lipinski definition) is 1. The third kappa shape index (κ3) is 4.76. The molecule has 194 valence electrons. The summed E-state index contributed by atoms with van der Waals surface area (Å²) < 4.78 is 8.70. The molecular formula is C30H41N3O3. The second-order valence-electron chi connectivity index (χ2n) is 11.6. The SMILES string of the molecule is Cc1ccc(-c2c([C@H](OC(C)(C)C)C(=O)O)c(C)c3c4c2cc(C)n4C[C@@H](C)N3CCN(C)C)cc1. The topological polar surface area (TPSA) is 57.9 Å². The van der Waals surface area contributed by atoms with E-state index in [1.807, 2.05) is 20.8 Å². The lowest BCUT2D eigenvalue weighted by atomic mass is 9.86. The first kappa shape index (κ1) is 26.2. The Morgan fingerprint density at radius 2 is 1.81 bits per heavy atom. The van der Waals surface area contributed by atoms with Gasteiger partial charge < -0.3 is 24.2 Å². The number of ether oxygens (including phenoxy) is 1. The van der Waals surface area contributed by atoms with Gasteiger partial charge in [0.05, 0.1) is 16.8 Å². The van der Waals surface area contributed by atoms with E-state index in [-0.39, 0.29) is 6.04 Å². The van der Waals surface area contributed by atoms with E-state index in [9.17, 15) is 9.90 Å². The van der Waals surface area contributed by atoms with E-state index in [2.05, 4.69) is 86.5 Å². The van der Waals surface area contributed by atoms with E-state index in [0.29, 0.717) is 0 Å². The molecule has 0 amide bonds. The van der Waals surface area contributed by atoms with Crippen LogP contribution < -0.4 is 4.90 Å². The van der Waals surface area contributed by atoms with E-state index in [4.69, 9.17) is 4.74 Å². The maximum Gasteiger partial charge on any atom is 0.337 e. The highest BCUT2D eigenvalue weighted by Crippen LogP contribution is 2.48. The van der Waals surface area contributed by atoms with Crippen molar-refractivity contribution in [2.75, 3.05) is 32.1 Å². The number of aliphatic carboxylic acids is 1. The summed E-state index contributed by atoms with van der Waals surface area (Å²) in [5.41, 5.74) is 7.80. The van der Waals surface area contributed by atoms with Crippen LogP contribution in [0.2, 0.25) is 0 Å². The summed E-state index contributed by atoms with van der Waals surface area (Å²) in [7, 11) is 4.18. The second kappa shape index (κ2) is 9.56. The summed E-state index contributed by atoms with van der Waals surface area (Å²) in [6.45, 7) is 17.0. The normalized spacial score (nSPS) is 16.7. The molecule has 0 radical (unpaired) electrons. The molecule has 1 aliphatic heterocycles. The predicted molar refractivity (Wildman–Crippen MR) is 148 cm³/mol. The molecule has 1 aromatic heterocycles. The number of likely N-dealkylation sites (N-methyl/N-ethyl adjacent to an activating group) is 1. The van der Waals surface area contributed by atoms with Crippen molar-refractivity contribution in [3.05, 3.63) is 52.7 Å². The Hall–Kier alpha value is -2.83. The molecule has 1 aliphatic rings. The zero-order chi connectivity index (χ0) is 26.5. The third-order valence-electron chi connectivity index (χ3n) is 7.18. The Balaban J connectivity index is 2.12. The van der Waals surface area contributed by atoms with Crippen molar-refractivity contribution in [3.8, 4) is 11.1 Å². The van der Waals surface area contributed by atoms with Crippen molar-refractivity contribution >= 4 is 22.6 Å². The lowest BCUT2D eigenvalue weighted by Gasteiger charge is -2.40. The first-order valence-corrected chi connectivity index (χ1v) is 12.9. The Morgan fingerprint density at radius 1 is 1.17 bits per heavy atom. The van der Waals surface area contributed by atoms with Crippen LogP contribution in [0.5, 0.6) is 0 Å². The standard InChI is InChI=1S/C30H41N3O3/c1-18-10-12-22(13-11-18)25-23-16-19(2)33-17-20(3)32(15-14-31(8)9)26(27(23)33)21(4)24(25)28(29(34)35)36-30(5,6)7/h10-13,16,20,28H,14-15,17H2,1-9H3,(H,34,35)/t20-,28+/m1/s1. The van der Waals surface area contributed by atoms with E-state index < -0.39 is 17.7 Å². The van der Waals surface area contributed by atoms with Gasteiger partial charge in [0, 0.05) is 42.3 Å². The number of rotatable bonds is 7. The van der Waals surface area contributed by atoms with Gasteiger partial charge in [0.2, 0.25) is 0 Å². The molecule has 0 aliphatic carbocycles. The number of carboxylic acid groups (broad SMARTS) is 1. The second-order valence-corrected chi connectivity index (χ2v) is 11.6. The largest absolute Gasteiger partial charge is 0.479 e. The molecule has 6 heteroatoms. The molecule has 0 spiro atoms. The minimum Gasteiger partial charge on any atom is -0.479 e. The van der Waals surface area contributed by atoms with Crippen LogP contribution in [0, 0.1) is 20.8 Å². The van der Waals surface area contributed by atoms with Gasteiger partial charge in [-0.15, -0.1) is 0 Å². The van der Waals surface area contributed by atoms with Crippen LogP contribution in [0.1, 0.15) is 56.2 Å². The lowest BCUT2D eigenvalue weighted by Crippen LogP contribution is -2.44. The highest BCUT2D eigenvalue weighted by Gasteiger charge is 2.37. The summed E-state index contributed by atoms with van der Waals surface area (Å²) in [5, 5.41) is 11.6. The fraction of sp³-hybridized carbons (Fsp3) is 0.500. The maximum absolute atomic E-state index is 12.8. The highest BCUT2D eigenvalue weighted by atomic mass is 16.5. The number of nitrogens with zero attached hydrogens (tertiary/aromatic N) is 3. The monoisotopic (exact) mass is 491 g/mol. The molecule has 0 unspecified atom stereocenters. The predicted octanol–water partition coefficient (Wildman–Crippen LogP) is 5.94. The first-order chi connectivity index (χ1) is 16.8. The smallest absolute Gasteiger partial charge is 0.337 e. The Morgan fingerprint density at radius 3 is 2.36 bits per heavy atom. The molecule has 3 aromatic rings. The fourth-order valence-corrected chi connectivity index (χ4v) is 5.52. The van der Waals surface area contributed by atoms with Crippen LogP contribution in [-0.2, 0) is 16.1 Å². The first-order valence-electron chi connectivity index (χ1n) is 12.9. The molecular weight excluding hydrogens is 450 g/mol. The summed E-state index contributed by atoms with van der Waals surface area (Å²) in [5.74, 6) is -0.965. The van der Waals surface area contributed by atoms with Crippen molar-refractivity contribution in [2.24, 2.45) is 0 Å². The third-order valence-corrected chi connectivity index (χ3v) is 7.18. The Labute approximate surface area is 215 Å². The minimum absolute atomic E-state index is 0.287. The van der Waals surface area contributed by atoms with Crippen LogP contribution in [0.4, 0.5) is 5.69 Å². The van der Waals surface area contributed by atoms with E-state index in [1.54, 1.807) is 0 Å². The molecule has 1 N–H and O–H groups in total. The number of carbonyl (C=O) groups is 1. The zero-order valence-electron chi connectivity index (χ0n) is 23.3. The lowest BCUT2D eigenvalue weighted by molar-refractivity contribution is -0.160. The van der Waals surface area contributed by atoms with E-state index >= 15 is 0 Å². The minimum atomic E-state index is -1.08. The average molecular weight is 492 g/mol. The summed E-state index contributed by atoms with van der Waals surface area (Å²) in [6, 6.07) is 10.9. The highest BCUT2D eigenvalue weighted by molar-refractivity contribution is 6.07. The maximum atomic E-state index is 12.8. The van der Waals surface area contributed by atoms with E-state index in [1.165, 1.54) is 16.8 Å². The molecule has 0 saturated heterocycles. The van der Waals surface area contributed by atoms with Crippen LogP contribution in [0.3, 0.4) is 0 Å². The van der Waals surface area contributed by atoms with Crippen molar-refractivity contribution in [3.63, 3.8) is 0 Å². The van der Waals surface area contributed by atoms with Gasteiger partial charge in [-0.3, -0.25) is 0 Å². The molecule has 0 fully saturated rings. The molecule has 0 bridgehead atoms. The van der Waals surface area contributed by atoms with Crippen molar-refractivity contribution in [2.45, 2.75) is 72.8 Å². The number of hydrogen-bond acceptors (Lipinski definition) is 4. The van der Waals surface area contributed by atoms with Gasteiger partial charge in [-0.2, -0.15) is 0 Å². The van der Waals surface area contributed by atoms with Crippen molar-refractivity contribution in [1.29, 1.82) is 0 Å². The summed E-state index contributed by atoms with van der Waals surface area (Å²) in [4.78, 5) is 17.5. The Bertz CT molecular complexity index is 1280. The van der Waals surface area contributed by atoms with Crippen molar-refractivity contribution in [1.82, 2.24) is 9.47 Å². The average Bonchev–Trinajstić information content (AvgIpc) is 3.09. The summed E-state index contributed by atoms with van der Waals surface area (Å²) >= 11 is 0. The molecule has 2 atom stereocenters. The summed E-state index contributed by atoms with van der Waals surface area (Å²) in [6.07, 6.45) is -1.08. The van der Waals surface area contributed by atoms with Gasteiger partial charge in [0.1, 0.15) is 0 Å². The quantitative estimate of drug-likeness (QED) is 0.443. The van der Waals surface area contributed by atoms with Gasteiger partial charge in [0.15, 0.2) is 6.10 Å². The number of aryl methyl sites for hydroxylation is 2. The van der Waals surface area contributed by atoms with Crippen molar-refractivity contribution < 1.29 is 14.6 Å². The molecule has 2 aromatic carbocycles. The molecule has 2 heterocycles. The van der Waals surface area contributed by atoms with Gasteiger partial charge in [-0.05, 0) is 85.3 Å². The zero-order valence-corrected chi connectivity index (χ0v) is 23.3. The number of carboxylic acids is 1. The molecule has 0 saturated carbocycles. The van der Waals surface area contributed by atoms with Gasteiger partial charge in [-0.1, -0.05) is 29.8 Å².